The first kappa shape index (κ1) is 14.8. The van der Waals surface area contributed by atoms with E-state index in [9.17, 15) is 4.79 Å². The van der Waals surface area contributed by atoms with E-state index in [4.69, 9.17) is 0 Å². The van der Waals surface area contributed by atoms with Crippen LogP contribution in [0, 0.1) is 0 Å². The number of nitrogens with one attached hydrogen (secondary N) is 1. The Kier molecular flexibility index (Phi) is 4.24. The smallest absolute Gasteiger partial charge is 0.274 e. The number of likely N-dealkylation sites (N-methyl/N-ethyl adjacent to an activating group) is 1. The summed E-state index contributed by atoms with van der Waals surface area (Å²) in [5, 5.41) is 7.11. The molecule has 1 aromatic carbocycles. The molecule has 1 fully saturated rings. The summed E-state index contributed by atoms with van der Waals surface area (Å²) in [6.45, 7) is 4.51. The fraction of sp³-hybridized carbons (Fsp3) is 0.412. The number of aromatic nitrogens is 2. The summed E-state index contributed by atoms with van der Waals surface area (Å²) < 4.78 is 0. The Morgan fingerprint density at radius 1 is 1.32 bits per heavy atom. The third-order valence-corrected chi connectivity index (χ3v) is 4.26. The maximum absolute atomic E-state index is 12.8. The largest absolute Gasteiger partial charge is 0.328 e. The van der Waals surface area contributed by atoms with Gasteiger partial charge in [-0.15, -0.1) is 0 Å². The molecule has 1 amide bonds. The van der Waals surface area contributed by atoms with Crippen LogP contribution in [-0.4, -0.2) is 52.6 Å². The fourth-order valence-electron chi connectivity index (χ4n) is 2.92. The monoisotopic (exact) mass is 298 g/mol. The normalized spacial score (nSPS) is 19.4. The van der Waals surface area contributed by atoms with Crippen molar-refractivity contribution in [3.05, 3.63) is 53.3 Å². The van der Waals surface area contributed by atoms with Crippen molar-refractivity contribution in [2.24, 2.45) is 0 Å². The average Bonchev–Trinajstić information content (AvgIpc) is 3.04. The molecule has 1 aliphatic heterocycles. The standard InChI is InChI=1S/C17H22N4O/c1-3-14-11-15(19-18-14)17(22)21-10-9-20(2)12-16(21)13-7-5-4-6-8-13/h4-8,11,16H,3,9-10,12H2,1-2H3,(H,18,19). The summed E-state index contributed by atoms with van der Waals surface area (Å²) in [5.74, 6) is 0.0119. The van der Waals surface area contributed by atoms with Crippen LogP contribution in [0.4, 0.5) is 0 Å². The Balaban J connectivity index is 1.87. The molecule has 1 atom stereocenters. The van der Waals surface area contributed by atoms with E-state index in [1.54, 1.807) is 0 Å². The maximum atomic E-state index is 12.8. The number of piperazine rings is 1. The summed E-state index contributed by atoms with van der Waals surface area (Å²) in [6, 6.07) is 12.2. The van der Waals surface area contributed by atoms with Crippen LogP contribution in [0.5, 0.6) is 0 Å². The van der Waals surface area contributed by atoms with Gasteiger partial charge >= 0.3 is 0 Å². The van der Waals surface area contributed by atoms with Crippen molar-refractivity contribution in [3.8, 4) is 0 Å². The van der Waals surface area contributed by atoms with Crippen LogP contribution in [-0.2, 0) is 6.42 Å². The number of aryl methyl sites for hydroxylation is 1. The van der Waals surface area contributed by atoms with E-state index >= 15 is 0 Å². The Labute approximate surface area is 130 Å². The zero-order chi connectivity index (χ0) is 15.5. The van der Waals surface area contributed by atoms with Gasteiger partial charge in [0, 0.05) is 25.3 Å². The van der Waals surface area contributed by atoms with Crippen molar-refractivity contribution in [2.45, 2.75) is 19.4 Å². The first-order chi connectivity index (χ1) is 10.7. The highest BCUT2D eigenvalue weighted by molar-refractivity contribution is 5.92. The molecule has 2 aromatic rings. The number of nitrogens with zero attached hydrogens (tertiary/aromatic N) is 3. The topological polar surface area (TPSA) is 52.2 Å². The lowest BCUT2D eigenvalue weighted by molar-refractivity contribution is 0.0492. The second kappa shape index (κ2) is 6.32. The van der Waals surface area contributed by atoms with Crippen LogP contribution in [0.2, 0.25) is 0 Å². The summed E-state index contributed by atoms with van der Waals surface area (Å²) in [4.78, 5) is 17.1. The van der Waals surface area contributed by atoms with Crippen molar-refractivity contribution >= 4 is 5.91 Å². The maximum Gasteiger partial charge on any atom is 0.274 e. The second-order valence-electron chi connectivity index (χ2n) is 5.82. The van der Waals surface area contributed by atoms with E-state index < -0.39 is 0 Å². The van der Waals surface area contributed by atoms with Crippen LogP contribution < -0.4 is 0 Å². The van der Waals surface area contributed by atoms with Gasteiger partial charge in [-0.3, -0.25) is 9.89 Å². The molecular weight excluding hydrogens is 276 g/mol. The summed E-state index contributed by atoms with van der Waals surface area (Å²) >= 11 is 0. The molecule has 1 N–H and O–H groups in total. The highest BCUT2D eigenvalue weighted by atomic mass is 16.2. The molecule has 116 valence electrons. The van der Waals surface area contributed by atoms with E-state index in [0.717, 1.165) is 31.7 Å². The number of H-pyrrole nitrogens is 1. The summed E-state index contributed by atoms with van der Waals surface area (Å²) in [6.07, 6.45) is 0.852. The first-order valence-electron chi connectivity index (χ1n) is 7.77. The lowest BCUT2D eigenvalue weighted by Gasteiger charge is -2.40. The van der Waals surface area contributed by atoms with Crippen molar-refractivity contribution in [2.75, 3.05) is 26.7 Å². The van der Waals surface area contributed by atoms with Gasteiger partial charge in [-0.1, -0.05) is 37.3 Å². The number of hydrogen-bond acceptors (Lipinski definition) is 3. The second-order valence-corrected chi connectivity index (χ2v) is 5.82. The molecule has 3 rings (SSSR count). The minimum absolute atomic E-state index is 0.0119. The Morgan fingerprint density at radius 2 is 2.09 bits per heavy atom. The molecule has 1 saturated heterocycles. The highest BCUT2D eigenvalue weighted by Gasteiger charge is 2.31. The van der Waals surface area contributed by atoms with E-state index in [1.165, 1.54) is 5.56 Å². The van der Waals surface area contributed by atoms with E-state index in [1.807, 2.05) is 36.1 Å². The zero-order valence-corrected chi connectivity index (χ0v) is 13.1. The van der Waals surface area contributed by atoms with Crippen LogP contribution in [0.15, 0.2) is 36.4 Å². The number of amides is 1. The van der Waals surface area contributed by atoms with E-state index in [2.05, 4.69) is 34.3 Å². The SMILES string of the molecule is CCc1cc(C(=O)N2CCN(C)CC2c2ccccc2)n[nH]1. The van der Waals surface area contributed by atoms with Gasteiger partial charge in [0.25, 0.3) is 5.91 Å². The third kappa shape index (κ3) is 2.90. The number of aromatic amines is 1. The Bertz CT molecular complexity index is 637. The van der Waals surface area contributed by atoms with Crippen LogP contribution in [0.3, 0.4) is 0 Å². The Morgan fingerprint density at radius 3 is 2.77 bits per heavy atom. The minimum atomic E-state index is 0.0119. The predicted octanol–water partition coefficient (Wildman–Crippen LogP) is 2.10. The molecule has 2 heterocycles. The molecule has 0 spiro atoms. The summed E-state index contributed by atoms with van der Waals surface area (Å²) in [5.41, 5.74) is 2.68. The zero-order valence-electron chi connectivity index (χ0n) is 13.1. The van der Waals surface area contributed by atoms with E-state index in [0.29, 0.717) is 5.69 Å². The first-order valence-corrected chi connectivity index (χ1v) is 7.77. The van der Waals surface area contributed by atoms with Gasteiger partial charge in [0.1, 0.15) is 5.69 Å². The van der Waals surface area contributed by atoms with Gasteiger partial charge in [-0.25, -0.2) is 0 Å². The van der Waals surface area contributed by atoms with Crippen molar-refractivity contribution < 1.29 is 4.79 Å². The fourth-order valence-corrected chi connectivity index (χ4v) is 2.92. The predicted molar refractivity (Wildman–Crippen MR) is 85.7 cm³/mol. The van der Waals surface area contributed by atoms with Crippen LogP contribution >= 0.6 is 0 Å². The molecule has 5 nitrogen and oxygen atoms in total. The van der Waals surface area contributed by atoms with Gasteiger partial charge < -0.3 is 9.80 Å². The molecular formula is C17H22N4O. The van der Waals surface area contributed by atoms with Gasteiger partial charge in [0.05, 0.1) is 6.04 Å². The molecule has 1 unspecified atom stereocenters. The van der Waals surface area contributed by atoms with Crippen molar-refractivity contribution in [1.82, 2.24) is 20.0 Å². The number of carbonyl (C=O) groups is 1. The number of benzene rings is 1. The summed E-state index contributed by atoms with van der Waals surface area (Å²) in [7, 11) is 2.10. The number of hydrogen-bond donors (Lipinski definition) is 1. The molecule has 1 aromatic heterocycles. The molecule has 22 heavy (non-hydrogen) atoms. The van der Waals surface area contributed by atoms with Gasteiger partial charge in [0.2, 0.25) is 0 Å². The quantitative estimate of drug-likeness (QED) is 0.944. The van der Waals surface area contributed by atoms with Gasteiger partial charge in [-0.05, 0) is 25.1 Å². The number of carbonyl (C=O) groups excluding carboxylic acids is 1. The lowest BCUT2D eigenvalue weighted by atomic mass is 10.0. The molecule has 1 aliphatic rings. The Hall–Kier alpha value is -2.14. The van der Waals surface area contributed by atoms with E-state index in [-0.39, 0.29) is 11.9 Å². The minimum Gasteiger partial charge on any atom is -0.328 e. The van der Waals surface area contributed by atoms with Crippen molar-refractivity contribution in [1.29, 1.82) is 0 Å². The molecule has 0 radical (unpaired) electrons. The average molecular weight is 298 g/mol. The lowest BCUT2D eigenvalue weighted by Crippen LogP contribution is -2.49. The van der Waals surface area contributed by atoms with Crippen molar-refractivity contribution in [3.63, 3.8) is 0 Å². The van der Waals surface area contributed by atoms with Crippen LogP contribution in [0.25, 0.3) is 0 Å². The third-order valence-electron chi connectivity index (χ3n) is 4.26. The highest BCUT2D eigenvalue weighted by Crippen LogP contribution is 2.26. The number of rotatable bonds is 3. The van der Waals surface area contributed by atoms with Crippen LogP contribution in [0.1, 0.15) is 34.7 Å². The molecule has 0 saturated carbocycles. The molecule has 0 bridgehead atoms. The molecule has 5 heteroatoms. The molecule has 0 aliphatic carbocycles. The van der Waals surface area contributed by atoms with Gasteiger partial charge in [0.15, 0.2) is 0 Å². The van der Waals surface area contributed by atoms with Gasteiger partial charge in [-0.2, -0.15) is 5.10 Å².